The minimum Gasteiger partial charge on any atom is -0.505 e. The second kappa shape index (κ2) is 3.73. The minimum atomic E-state index is -0.352. The van der Waals surface area contributed by atoms with Gasteiger partial charge in [-0.25, -0.2) is 0 Å². The van der Waals surface area contributed by atoms with E-state index >= 15 is 0 Å². The number of hydrogen-bond donors (Lipinski definition) is 3. The minimum absolute atomic E-state index is 0.168. The number of aromatic hydroxyl groups is 1. The molecule has 0 aliphatic carbocycles. The quantitative estimate of drug-likeness (QED) is 0.499. The summed E-state index contributed by atoms with van der Waals surface area (Å²) in [7, 11) is 1.51. The lowest BCUT2D eigenvalue weighted by Crippen LogP contribution is -2.18. The van der Waals surface area contributed by atoms with Gasteiger partial charge in [-0.3, -0.25) is 4.79 Å². The van der Waals surface area contributed by atoms with Crippen molar-refractivity contribution in [3.8, 4) is 5.75 Å². The molecule has 2 aromatic carbocycles. The van der Waals surface area contributed by atoms with Crippen LogP contribution in [0.2, 0.25) is 0 Å². The van der Waals surface area contributed by atoms with Crippen LogP contribution in [0.3, 0.4) is 0 Å². The van der Waals surface area contributed by atoms with E-state index in [1.54, 1.807) is 12.1 Å². The van der Waals surface area contributed by atoms with E-state index in [4.69, 9.17) is 5.73 Å². The lowest BCUT2D eigenvalue weighted by Gasteiger charge is -2.09. The first-order valence-corrected chi connectivity index (χ1v) is 4.87. The van der Waals surface area contributed by atoms with Crippen molar-refractivity contribution >= 4 is 22.4 Å². The Morgan fingerprint density at radius 2 is 2.06 bits per heavy atom. The summed E-state index contributed by atoms with van der Waals surface area (Å²) in [6.07, 6.45) is 0. The number of carbonyl (C=O) groups is 1. The van der Waals surface area contributed by atoms with Crippen LogP contribution in [-0.2, 0) is 0 Å². The molecule has 0 unspecified atom stereocenters. The van der Waals surface area contributed by atoms with Gasteiger partial charge in [-0.1, -0.05) is 24.3 Å². The van der Waals surface area contributed by atoms with E-state index in [0.29, 0.717) is 0 Å². The number of phenolic OH excluding ortho intramolecular Hbond substituents is 1. The Morgan fingerprint density at radius 3 is 2.75 bits per heavy atom. The summed E-state index contributed by atoms with van der Waals surface area (Å²) in [5.41, 5.74) is 6.21. The summed E-state index contributed by atoms with van der Waals surface area (Å²) < 4.78 is 0. The van der Waals surface area contributed by atoms with E-state index < -0.39 is 0 Å². The van der Waals surface area contributed by atoms with E-state index in [2.05, 4.69) is 5.32 Å². The lowest BCUT2D eigenvalue weighted by atomic mass is 10.0. The van der Waals surface area contributed by atoms with Crippen molar-refractivity contribution in [2.45, 2.75) is 0 Å². The SMILES string of the molecule is CNC(=O)c1cc2ccccc2c(N)c1O. The average Bonchev–Trinajstić information content (AvgIpc) is 2.33. The number of nitrogen functional groups attached to an aromatic ring is 1. The molecule has 0 fully saturated rings. The number of amides is 1. The molecule has 0 saturated carbocycles. The zero-order valence-electron chi connectivity index (χ0n) is 8.82. The number of anilines is 1. The molecule has 4 nitrogen and oxygen atoms in total. The van der Waals surface area contributed by atoms with Crippen molar-refractivity contribution in [3.05, 3.63) is 35.9 Å². The van der Waals surface area contributed by atoms with Crippen molar-refractivity contribution in [3.63, 3.8) is 0 Å². The van der Waals surface area contributed by atoms with Crippen LogP contribution in [0.5, 0.6) is 5.75 Å². The normalized spacial score (nSPS) is 10.3. The summed E-state index contributed by atoms with van der Waals surface area (Å²) >= 11 is 0. The molecule has 0 aromatic heterocycles. The standard InChI is InChI=1S/C12H12N2O2/c1-14-12(16)9-6-7-4-2-3-5-8(7)10(13)11(9)15/h2-6,15H,13H2,1H3,(H,14,16). The van der Waals surface area contributed by atoms with Crippen LogP contribution >= 0.6 is 0 Å². The zero-order chi connectivity index (χ0) is 11.7. The third kappa shape index (κ3) is 1.44. The van der Waals surface area contributed by atoms with Gasteiger partial charge in [0.05, 0.1) is 11.3 Å². The highest BCUT2D eigenvalue weighted by molar-refractivity contribution is 6.06. The van der Waals surface area contributed by atoms with Gasteiger partial charge in [-0.05, 0) is 11.5 Å². The van der Waals surface area contributed by atoms with Crippen LogP contribution < -0.4 is 11.1 Å². The van der Waals surface area contributed by atoms with Gasteiger partial charge in [0.1, 0.15) is 0 Å². The summed E-state index contributed by atoms with van der Waals surface area (Å²) in [6.45, 7) is 0. The Balaban J connectivity index is 2.78. The van der Waals surface area contributed by atoms with Gasteiger partial charge >= 0.3 is 0 Å². The maximum atomic E-state index is 11.5. The van der Waals surface area contributed by atoms with Gasteiger partial charge in [0.25, 0.3) is 5.91 Å². The van der Waals surface area contributed by atoms with Crippen molar-refractivity contribution < 1.29 is 9.90 Å². The number of hydrogen-bond acceptors (Lipinski definition) is 3. The van der Waals surface area contributed by atoms with E-state index in [1.807, 2.05) is 18.2 Å². The Bertz CT molecular complexity index is 564. The van der Waals surface area contributed by atoms with Gasteiger partial charge in [-0.15, -0.1) is 0 Å². The summed E-state index contributed by atoms with van der Waals surface area (Å²) in [5.74, 6) is -0.520. The van der Waals surface area contributed by atoms with Crippen LogP contribution in [0.4, 0.5) is 5.69 Å². The first kappa shape index (κ1) is 10.3. The number of benzene rings is 2. The van der Waals surface area contributed by atoms with Gasteiger partial charge in [0.15, 0.2) is 5.75 Å². The predicted molar refractivity (Wildman–Crippen MR) is 63.4 cm³/mol. The maximum absolute atomic E-state index is 11.5. The Labute approximate surface area is 92.7 Å². The number of rotatable bonds is 1. The molecular weight excluding hydrogens is 204 g/mol. The monoisotopic (exact) mass is 216 g/mol. The highest BCUT2D eigenvalue weighted by Gasteiger charge is 2.14. The molecule has 0 aliphatic rings. The van der Waals surface area contributed by atoms with Crippen molar-refractivity contribution in [2.24, 2.45) is 0 Å². The van der Waals surface area contributed by atoms with E-state index in [1.165, 1.54) is 7.05 Å². The molecule has 2 rings (SSSR count). The second-order valence-electron chi connectivity index (χ2n) is 3.49. The van der Waals surface area contributed by atoms with Gasteiger partial charge in [-0.2, -0.15) is 0 Å². The Kier molecular flexibility index (Phi) is 2.40. The first-order chi connectivity index (χ1) is 7.65. The molecule has 2 aromatic rings. The van der Waals surface area contributed by atoms with Crippen LogP contribution in [0.1, 0.15) is 10.4 Å². The maximum Gasteiger partial charge on any atom is 0.254 e. The topological polar surface area (TPSA) is 75.4 Å². The van der Waals surface area contributed by atoms with Gasteiger partial charge < -0.3 is 16.2 Å². The highest BCUT2D eigenvalue weighted by atomic mass is 16.3. The predicted octanol–water partition coefficient (Wildman–Crippen LogP) is 1.49. The molecule has 82 valence electrons. The number of carbonyl (C=O) groups excluding carboxylic acids is 1. The molecule has 4 N–H and O–H groups in total. The smallest absolute Gasteiger partial charge is 0.254 e. The van der Waals surface area contributed by atoms with Crippen LogP contribution in [0.15, 0.2) is 30.3 Å². The average molecular weight is 216 g/mol. The fourth-order valence-electron chi connectivity index (χ4n) is 1.67. The molecule has 0 aliphatic heterocycles. The van der Waals surface area contributed by atoms with Gasteiger partial charge in [0.2, 0.25) is 0 Å². The van der Waals surface area contributed by atoms with Crippen molar-refractivity contribution in [2.75, 3.05) is 12.8 Å². The molecule has 1 amide bonds. The molecule has 16 heavy (non-hydrogen) atoms. The molecule has 0 radical (unpaired) electrons. The van der Waals surface area contributed by atoms with Crippen molar-refractivity contribution in [1.82, 2.24) is 5.32 Å². The van der Waals surface area contributed by atoms with Crippen molar-refractivity contribution in [1.29, 1.82) is 0 Å². The molecule has 0 bridgehead atoms. The molecule has 4 heteroatoms. The van der Waals surface area contributed by atoms with E-state index in [9.17, 15) is 9.90 Å². The molecule has 0 saturated heterocycles. The third-order valence-electron chi connectivity index (χ3n) is 2.53. The zero-order valence-corrected chi connectivity index (χ0v) is 8.82. The second-order valence-corrected chi connectivity index (χ2v) is 3.49. The summed E-state index contributed by atoms with van der Waals surface area (Å²) in [4.78, 5) is 11.5. The summed E-state index contributed by atoms with van der Waals surface area (Å²) in [5, 5.41) is 13.8. The van der Waals surface area contributed by atoms with Crippen LogP contribution in [0, 0.1) is 0 Å². The third-order valence-corrected chi connectivity index (χ3v) is 2.53. The highest BCUT2D eigenvalue weighted by Crippen LogP contribution is 2.33. The van der Waals surface area contributed by atoms with E-state index in [-0.39, 0.29) is 22.9 Å². The van der Waals surface area contributed by atoms with Crippen LogP contribution in [0.25, 0.3) is 10.8 Å². The Morgan fingerprint density at radius 1 is 1.38 bits per heavy atom. The fraction of sp³-hybridized carbons (Fsp3) is 0.0833. The largest absolute Gasteiger partial charge is 0.505 e. The molecule has 0 atom stereocenters. The molecule has 0 heterocycles. The number of nitrogens with two attached hydrogens (primary N) is 1. The number of phenols is 1. The molecule has 0 spiro atoms. The lowest BCUT2D eigenvalue weighted by molar-refractivity contribution is 0.0960. The summed E-state index contributed by atoms with van der Waals surface area (Å²) in [6, 6.07) is 8.96. The Hall–Kier alpha value is -2.23. The van der Waals surface area contributed by atoms with E-state index in [0.717, 1.165) is 10.8 Å². The first-order valence-electron chi connectivity index (χ1n) is 4.87. The molecular formula is C12H12N2O2. The van der Waals surface area contributed by atoms with Gasteiger partial charge in [0, 0.05) is 12.4 Å². The number of nitrogens with one attached hydrogen (secondary N) is 1. The fourth-order valence-corrected chi connectivity index (χ4v) is 1.67. The number of fused-ring (bicyclic) bond motifs is 1. The van der Waals surface area contributed by atoms with Crippen LogP contribution in [-0.4, -0.2) is 18.1 Å².